The Labute approximate surface area is 103 Å². The van der Waals surface area contributed by atoms with Crippen LogP contribution in [0.2, 0.25) is 0 Å². The summed E-state index contributed by atoms with van der Waals surface area (Å²) in [6.45, 7) is 0.861. The second-order valence-corrected chi connectivity index (χ2v) is 5.89. The van der Waals surface area contributed by atoms with E-state index in [1.54, 1.807) is 11.3 Å². The van der Waals surface area contributed by atoms with Crippen molar-refractivity contribution in [3.05, 3.63) is 20.8 Å². The highest BCUT2D eigenvalue weighted by molar-refractivity contribution is 9.10. The van der Waals surface area contributed by atoms with Crippen molar-refractivity contribution in [1.29, 1.82) is 0 Å². The Balaban J connectivity index is 1.84. The van der Waals surface area contributed by atoms with E-state index in [0.29, 0.717) is 0 Å². The molecule has 0 amide bonds. The average molecular weight is 290 g/mol. The van der Waals surface area contributed by atoms with Gasteiger partial charge < -0.3 is 10.4 Å². The van der Waals surface area contributed by atoms with Gasteiger partial charge in [0, 0.05) is 21.9 Å². The van der Waals surface area contributed by atoms with E-state index in [1.165, 1.54) is 22.2 Å². The number of hydrogen-bond donors (Lipinski definition) is 2. The van der Waals surface area contributed by atoms with E-state index >= 15 is 0 Å². The first-order valence-corrected chi connectivity index (χ1v) is 7.08. The SMILES string of the molecule is O[C@@H]1CCCC[C@H]1NCc1sccc1Br. The van der Waals surface area contributed by atoms with Crippen molar-refractivity contribution in [2.24, 2.45) is 0 Å². The summed E-state index contributed by atoms with van der Waals surface area (Å²) in [5, 5.41) is 15.3. The predicted molar refractivity (Wildman–Crippen MR) is 67.1 cm³/mol. The fourth-order valence-electron chi connectivity index (χ4n) is 2.02. The number of hydrogen-bond acceptors (Lipinski definition) is 3. The molecule has 1 aliphatic carbocycles. The molecule has 0 aromatic carbocycles. The molecule has 0 saturated heterocycles. The van der Waals surface area contributed by atoms with E-state index in [2.05, 4.69) is 32.7 Å². The minimum atomic E-state index is -0.155. The molecule has 2 rings (SSSR count). The lowest BCUT2D eigenvalue weighted by Gasteiger charge is -2.28. The second kappa shape index (κ2) is 5.43. The van der Waals surface area contributed by atoms with Crippen LogP contribution in [0.1, 0.15) is 30.6 Å². The van der Waals surface area contributed by atoms with Crippen LogP contribution >= 0.6 is 27.3 Å². The molecule has 0 radical (unpaired) electrons. The largest absolute Gasteiger partial charge is 0.392 e. The van der Waals surface area contributed by atoms with Crippen LogP contribution in [0, 0.1) is 0 Å². The molecule has 4 heteroatoms. The third kappa shape index (κ3) is 3.03. The lowest BCUT2D eigenvalue weighted by atomic mass is 9.92. The molecule has 84 valence electrons. The van der Waals surface area contributed by atoms with E-state index in [1.807, 2.05) is 0 Å². The summed E-state index contributed by atoms with van der Waals surface area (Å²) >= 11 is 5.26. The van der Waals surface area contributed by atoms with Crippen LogP contribution in [0.4, 0.5) is 0 Å². The molecule has 0 aliphatic heterocycles. The van der Waals surface area contributed by atoms with Crippen LogP contribution in [0.25, 0.3) is 0 Å². The van der Waals surface area contributed by atoms with Crippen molar-refractivity contribution in [1.82, 2.24) is 5.32 Å². The summed E-state index contributed by atoms with van der Waals surface area (Å²) in [5.74, 6) is 0. The topological polar surface area (TPSA) is 32.3 Å². The highest BCUT2D eigenvalue weighted by Crippen LogP contribution is 2.24. The summed E-state index contributed by atoms with van der Waals surface area (Å²) in [4.78, 5) is 1.31. The van der Waals surface area contributed by atoms with Crippen molar-refractivity contribution >= 4 is 27.3 Å². The molecular weight excluding hydrogens is 274 g/mol. The lowest BCUT2D eigenvalue weighted by Crippen LogP contribution is -2.41. The minimum Gasteiger partial charge on any atom is -0.392 e. The monoisotopic (exact) mass is 289 g/mol. The maximum atomic E-state index is 9.80. The molecule has 1 aliphatic rings. The van der Waals surface area contributed by atoms with Gasteiger partial charge >= 0.3 is 0 Å². The third-order valence-corrected chi connectivity index (χ3v) is 4.87. The maximum Gasteiger partial charge on any atom is 0.0693 e. The number of thiophene rings is 1. The molecule has 2 atom stereocenters. The van der Waals surface area contributed by atoms with E-state index in [-0.39, 0.29) is 12.1 Å². The van der Waals surface area contributed by atoms with Gasteiger partial charge in [0.1, 0.15) is 0 Å². The summed E-state index contributed by atoms with van der Waals surface area (Å²) in [5.41, 5.74) is 0. The Bertz CT molecular complexity index is 315. The van der Waals surface area contributed by atoms with Gasteiger partial charge in [-0.3, -0.25) is 0 Å². The molecule has 1 aromatic heterocycles. The summed E-state index contributed by atoms with van der Waals surface area (Å²) in [6.07, 6.45) is 4.30. The molecule has 0 bridgehead atoms. The second-order valence-electron chi connectivity index (χ2n) is 4.03. The zero-order valence-corrected chi connectivity index (χ0v) is 11.0. The number of rotatable bonds is 3. The van der Waals surface area contributed by atoms with Gasteiger partial charge in [-0.2, -0.15) is 0 Å². The van der Waals surface area contributed by atoms with Gasteiger partial charge in [-0.05, 0) is 40.2 Å². The minimum absolute atomic E-state index is 0.155. The van der Waals surface area contributed by atoms with Crippen LogP contribution in [0.3, 0.4) is 0 Å². The van der Waals surface area contributed by atoms with Crippen LogP contribution in [-0.2, 0) is 6.54 Å². The van der Waals surface area contributed by atoms with Gasteiger partial charge in [0.2, 0.25) is 0 Å². The smallest absolute Gasteiger partial charge is 0.0693 e. The molecule has 1 saturated carbocycles. The highest BCUT2D eigenvalue weighted by Gasteiger charge is 2.22. The Morgan fingerprint density at radius 2 is 2.27 bits per heavy atom. The van der Waals surface area contributed by atoms with Gasteiger partial charge in [0.25, 0.3) is 0 Å². The lowest BCUT2D eigenvalue weighted by molar-refractivity contribution is 0.0904. The fourth-order valence-corrected chi connectivity index (χ4v) is 3.47. The van der Waals surface area contributed by atoms with E-state index < -0.39 is 0 Å². The molecule has 2 nitrogen and oxygen atoms in total. The molecule has 1 fully saturated rings. The Hall–Kier alpha value is 0.100. The molecule has 1 aromatic rings. The van der Waals surface area contributed by atoms with Gasteiger partial charge in [0.05, 0.1) is 6.10 Å². The summed E-state index contributed by atoms with van der Waals surface area (Å²) in [7, 11) is 0. The number of aliphatic hydroxyl groups is 1. The maximum absolute atomic E-state index is 9.80. The first-order chi connectivity index (χ1) is 7.27. The first-order valence-electron chi connectivity index (χ1n) is 5.40. The van der Waals surface area contributed by atoms with Crippen molar-refractivity contribution in [3.8, 4) is 0 Å². The van der Waals surface area contributed by atoms with Crippen molar-refractivity contribution < 1.29 is 5.11 Å². The summed E-state index contributed by atoms with van der Waals surface area (Å²) in [6, 6.07) is 2.35. The Morgan fingerprint density at radius 3 is 2.93 bits per heavy atom. The molecule has 2 N–H and O–H groups in total. The Morgan fingerprint density at radius 1 is 1.47 bits per heavy atom. The first kappa shape index (κ1) is 11.6. The molecule has 1 heterocycles. The molecule has 0 spiro atoms. The zero-order valence-electron chi connectivity index (χ0n) is 8.58. The highest BCUT2D eigenvalue weighted by atomic mass is 79.9. The number of nitrogens with one attached hydrogen (secondary N) is 1. The number of halogens is 1. The molecule has 0 unspecified atom stereocenters. The van der Waals surface area contributed by atoms with Crippen molar-refractivity contribution in [2.75, 3.05) is 0 Å². The third-order valence-electron chi connectivity index (χ3n) is 2.95. The zero-order chi connectivity index (χ0) is 10.7. The fraction of sp³-hybridized carbons (Fsp3) is 0.636. The average Bonchev–Trinajstić information content (AvgIpc) is 2.63. The van der Waals surface area contributed by atoms with Gasteiger partial charge in [-0.1, -0.05) is 12.8 Å². The van der Waals surface area contributed by atoms with E-state index in [0.717, 1.165) is 19.4 Å². The van der Waals surface area contributed by atoms with E-state index in [9.17, 15) is 5.11 Å². The molecule has 15 heavy (non-hydrogen) atoms. The van der Waals surface area contributed by atoms with Crippen LogP contribution in [0.15, 0.2) is 15.9 Å². The normalized spacial score (nSPS) is 26.8. The van der Waals surface area contributed by atoms with Gasteiger partial charge in [0.15, 0.2) is 0 Å². The predicted octanol–water partition coefficient (Wildman–Crippen LogP) is 2.90. The number of aliphatic hydroxyl groups excluding tert-OH is 1. The van der Waals surface area contributed by atoms with Crippen molar-refractivity contribution in [2.45, 2.75) is 44.4 Å². The molecular formula is C11H16BrNOS. The quantitative estimate of drug-likeness (QED) is 0.897. The van der Waals surface area contributed by atoms with Crippen LogP contribution in [-0.4, -0.2) is 17.3 Å². The van der Waals surface area contributed by atoms with E-state index in [4.69, 9.17) is 0 Å². The van der Waals surface area contributed by atoms with Crippen LogP contribution in [0.5, 0.6) is 0 Å². The van der Waals surface area contributed by atoms with Crippen LogP contribution < -0.4 is 5.32 Å². The van der Waals surface area contributed by atoms with Gasteiger partial charge in [-0.15, -0.1) is 11.3 Å². The Kier molecular flexibility index (Phi) is 4.20. The summed E-state index contributed by atoms with van der Waals surface area (Å²) < 4.78 is 1.17. The van der Waals surface area contributed by atoms with Crippen molar-refractivity contribution in [3.63, 3.8) is 0 Å². The standard InChI is InChI=1S/C11H16BrNOS/c12-8-5-6-15-11(8)7-13-9-3-1-2-4-10(9)14/h5-6,9-10,13-14H,1-4,7H2/t9-,10-/m1/s1. The van der Waals surface area contributed by atoms with Gasteiger partial charge in [-0.25, -0.2) is 0 Å².